The summed E-state index contributed by atoms with van der Waals surface area (Å²) in [6, 6.07) is 8.37. The number of aromatic nitrogens is 1. The van der Waals surface area contributed by atoms with Crippen molar-refractivity contribution in [2.45, 2.75) is 115 Å². The maximum Gasteiger partial charge on any atom is 0.307 e. The van der Waals surface area contributed by atoms with Gasteiger partial charge in [-0.3, -0.25) is 23.9 Å². The molecule has 2 aromatic rings. The maximum absolute atomic E-state index is 14.8. The SMILES string of the molecule is COc1cc2ccccc2c(O[C@@H]2C[C@H]3C(=O)C[C@]4(C(=O)NS(=O)(=O)C5CC5)C[C@H]4/C=C\CC[C@H](C)C[C@@H](C)[C@H](CC(=O)OC(C)(C)C)C(=O)N3C2)n1. The van der Waals surface area contributed by atoms with Crippen LogP contribution in [0.5, 0.6) is 11.8 Å². The number of carbonyl (C=O) groups excluding carboxylic acids is 4. The van der Waals surface area contributed by atoms with Crippen molar-refractivity contribution in [3.63, 3.8) is 0 Å². The van der Waals surface area contributed by atoms with Crippen molar-refractivity contribution in [1.29, 1.82) is 0 Å². The van der Waals surface area contributed by atoms with Crippen LogP contribution in [0.4, 0.5) is 0 Å². The van der Waals surface area contributed by atoms with E-state index in [1.54, 1.807) is 26.8 Å². The quantitative estimate of drug-likeness (QED) is 0.269. The van der Waals surface area contributed by atoms with Crippen molar-refractivity contribution in [3.05, 3.63) is 42.5 Å². The Kier molecular flexibility index (Phi) is 11.0. The van der Waals surface area contributed by atoms with Crippen LogP contribution in [0.1, 0.15) is 92.4 Å². The number of nitrogens with one attached hydrogen (secondary N) is 1. The van der Waals surface area contributed by atoms with Crippen molar-refractivity contribution >= 4 is 44.4 Å². The number of methoxy groups -OCH3 is 1. The highest BCUT2D eigenvalue weighted by atomic mass is 32.2. The van der Waals surface area contributed by atoms with Gasteiger partial charge in [-0.15, -0.1) is 0 Å². The molecule has 1 saturated heterocycles. The maximum atomic E-state index is 14.8. The zero-order valence-corrected chi connectivity index (χ0v) is 32.4. The Balaban J connectivity index is 1.35. The van der Waals surface area contributed by atoms with Gasteiger partial charge in [-0.25, -0.2) is 8.42 Å². The molecule has 0 bridgehead atoms. The summed E-state index contributed by atoms with van der Waals surface area (Å²) in [4.78, 5) is 62.6. The molecule has 0 spiro atoms. The lowest BCUT2D eigenvalue weighted by Gasteiger charge is -2.32. The Morgan fingerprint density at radius 1 is 1.08 bits per heavy atom. The molecule has 7 atom stereocenters. The average Bonchev–Trinajstić information content (AvgIpc) is 4.01. The molecule has 2 aliphatic heterocycles. The van der Waals surface area contributed by atoms with Gasteiger partial charge in [0, 0.05) is 24.3 Å². The molecule has 12 nitrogen and oxygen atoms in total. The molecule has 13 heteroatoms. The number of nitrogens with zero attached hydrogens (tertiary/aromatic N) is 2. The van der Waals surface area contributed by atoms with Crippen molar-refractivity contribution < 1.29 is 41.8 Å². The number of carbonyl (C=O) groups is 4. The van der Waals surface area contributed by atoms with Crippen LogP contribution in [0.25, 0.3) is 10.8 Å². The fraction of sp³-hybridized carbons (Fsp3) is 0.625. The van der Waals surface area contributed by atoms with Crippen molar-refractivity contribution in [2.24, 2.45) is 29.1 Å². The number of hydrogen-bond acceptors (Lipinski definition) is 10. The third kappa shape index (κ3) is 8.87. The van der Waals surface area contributed by atoms with Crippen LogP contribution in [0.15, 0.2) is 42.5 Å². The fourth-order valence-corrected chi connectivity index (χ4v) is 9.43. The number of ether oxygens (including phenoxy) is 3. The third-order valence-electron chi connectivity index (χ3n) is 11.1. The number of amides is 2. The van der Waals surface area contributed by atoms with Crippen LogP contribution < -0.4 is 14.2 Å². The highest BCUT2D eigenvalue weighted by molar-refractivity contribution is 7.90. The summed E-state index contributed by atoms with van der Waals surface area (Å²) in [7, 11) is -2.34. The molecule has 3 fully saturated rings. The smallest absolute Gasteiger partial charge is 0.307 e. The molecule has 0 radical (unpaired) electrons. The zero-order chi connectivity index (χ0) is 38.3. The number of ketones is 1. The van der Waals surface area contributed by atoms with Gasteiger partial charge in [-0.1, -0.05) is 44.2 Å². The van der Waals surface area contributed by atoms with Crippen molar-refractivity contribution in [2.75, 3.05) is 13.7 Å². The van der Waals surface area contributed by atoms with Crippen molar-refractivity contribution in [1.82, 2.24) is 14.6 Å². The fourth-order valence-electron chi connectivity index (χ4n) is 8.04. The standard InChI is InChI=1S/C40H53N3O9S/c1-24-11-7-9-13-27-21-40(27,38(47)42-53(48,49)29-15-16-29)22-33(44)32-19-28(51-36-30-14-10-8-12-26(30)18-34(41-36)50-6)23-43(32)37(46)31(25(2)17-24)20-35(45)52-39(3,4)5/h8-10,12-14,18,24-25,27-29,31-32H,7,11,15-17,19-23H2,1-6H3,(H,42,47)/b13-9-/t24-,25+,27+,28+,31-,32-,40+/m0/s1. The highest BCUT2D eigenvalue weighted by Gasteiger charge is 2.61. The molecule has 6 rings (SSSR count). The van der Waals surface area contributed by atoms with E-state index in [4.69, 9.17) is 14.2 Å². The van der Waals surface area contributed by atoms with Gasteiger partial charge < -0.3 is 19.1 Å². The Hall–Kier alpha value is -4.00. The molecule has 2 amide bonds. The number of pyridine rings is 1. The predicted octanol–water partition coefficient (Wildman–Crippen LogP) is 5.53. The van der Waals surface area contributed by atoms with E-state index in [0.717, 1.165) is 23.6 Å². The minimum Gasteiger partial charge on any atom is -0.481 e. The Labute approximate surface area is 312 Å². The molecule has 1 aromatic heterocycles. The van der Waals surface area contributed by atoms with Gasteiger partial charge in [-0.05, 0) is 88.5 Å². The Bertz CT molecular complexity index is 1880. The Morgan fingerprint density at radius 2 is 1.81 bits per heavy atom. The minimum atomic E-state index is -3.85. The van der Waals surface area contributed by atoms with E-state index in [-0.39, 0.29) is 55.3 Å². The molecule has 3 heterocycles. The van der Waals surface area contributed by atoms with Crippen LogP contribution in [0, 0.1) is 29.1 Å². The first-order chi connectivity index (χ1) is 25.0. The second kappa shape index (κ2) is 15.0. The summed E-state index contributed by atoms with van der Waals surface area (Å²) in [5, 5.41) is 0.985. The molecule has 4 aliphatic rings. The molecule has 2 aliphatic carbocycles. The largest absolute Gasteiger partial charge is 0.481 e. The number of benzene rings is 1. The average molecular weight is 752 g/mol. The predicted molar refractivity (Wildman–Crippen MR) is 198 cm³/mol. The molecule has 1 aromatic carbocycles. The molecule has 1 N–H and O–H groups in total. The van der Waals surface area contributed by atoms with E-state index in [0.29, 0.717) is 37.4 Å². The normalized spacial score (nSPS) is 30.3. The number of esters is 1. The first-order valence-electron chi connectivity index (χ1n) is 18.9. The summed E-state index contributed by atoms with van der Waals surface area (Å²) in [6.07, 6.45) is 6.58. The zero-order valence-electron chi connectivity index (χ0n) is 31.6. The molecule has 53 heavy (non-hydrogen) atoms. The van der Waals surface area contributed by atoms with Gasteiger partial charge in [0.25, 0.3) is 0 Å². The van der Waals surface area contributed by atoms with Gasteiger partial charge in [0.15, 0.2) is 5.78 Å². The summed E-state index contributed by atoms with van der Waals surface area (Å²) < 4.78 is 45.7. The molecular formula is C40H53N3O9S. The second-order valence-electron chi connectivity index (χ2n) is 16.7. The molecule has 2 saturated carbocycles. The summed E-state index contributed by atoms with van der Waals surface area (Å²) in [6.45, 7) is 9.48. The van der Waals surface area contributed by atoms with E-state index in [2.05, 4.69) is 16.6 Å². The number of rotatable bonds is 8. The highest BCUT2D eigenvalue weighted by Crippen LogP contribution is 2.57. The van der Waals surface area contributed by atoms with Crippen LogP contribution in [-0.4, -0.2) is 78.5 Å². The Morgan fingerprint density at radius 3 is 2.51 bits per heavy atom. The molecule has 288 valence electrons. The van der Waals surface area contributed by atoms with Gasteiger partial charge in [0.1, 0.15) is 11.7 Å². The topological polar surface area (TPSA) is 158 Å². The third-order valence-corrected chi connectivity index (χ3v) is 13.0. The lowest BCUT2D eigenvalue weighted by molar-refractivity contribution is -0.160. The van der Waals surface area contributed by atoms with Gasteiger partial charge >= 0.3 is 5.97 Å². The number of allylic oxidation sites excluding steroid dienone is 2. The number of sulfonamides is 1. The lowest BCUT2D eigenvalue weighted by atomic mass is 9.82. The van der Waals surface area contributed by atoms with Gasteiger partial charge in [-0.2, -0.15) is 4.98 Å². The minimum absolute atomic E-state index is 0.0497. The summed E-state index contributed by atoms with van der Waals surface area (Å²) in [5.74, 6) is -2.30. The van der Waals surface area contributed by atoms with Crippen LogP contribution in [-0.2, 0) is 33.9 Å². The monoisotopic (exact) mass is 751 g/mol. The van der Waals surface area contributed by atoms with E-state index >= 15 is 0 Å². The molecule has 0 unspecified atom stereocenters. The van der Waals surface area contributed by atoms with Crippen LogP contribution >= 0.6 is 0 Å². The number of Topliss-reactive ketones (excluding diaryl/α,β-unsaturated/α-hetero) is 1. The van der Waals surface area contributed by atoms with Gasteiger partial charge in [0.2, 0.25) is 33.6 Å². The van der Waals surface area contributed by atoms with E-state index in [1.807, 2.05) is 43.3 Å². The lowest BCUT2D eigenvalue weighted by Crippen LogP contribution is -2.47. The summed E-state index contributed by atoms with van der Waals surface area (Å²) in [5.41, 5.74) is -1.99. The van der Waals surface area contributed by atoms with Crippen molar-refractivity contribution in [3.8, 4) is 11.8 Å². The number of fused-ring (bicyclic) bond motifs is 3. The second-order valence-corrected chi connectivity index (χ2v) is 18.6. The first-order valence-corrected chi connectivity index (χ1v) is 20.4. The van der Waals surface area contributed by atoms with E-state index in [9.17, 15) is 27.6 Å². The van der Waals surface area contributed by atoms with Gasteiger partial charge in [0.05, 0.1) is 42.7 Å². The van der Waals surface area contributed by atoms with E-state index in [1.165, 1.54) is 12.0 Å². The van der Waals surface area contributed by atoms with E-state index < -0.39 is 56.2 Å². The van der Waals surface area contributed by atoms with Crippen LogP contribution in [0.3, 0.4) is 0 Å². The number of hydrogen-bond donors (Lipinski definition) is 1. The summed E-state index contributed by atoms with van der Waals surface area (Å²) >= 11 is 0. The first kappa shape index (κ1) is 38.7. The van der Waals surface area contributed by atoms with Crippen LogP contribution in [0.2, 0.25) is 0 Å². The molecular weight excluding hydrogens is 699 g/mol.